The summed E-state index contributed by atoms with van der Waals surface area (Å²) in [6.45, 7) is 4.79. The summed E-state index contributed by atoms with van der Waals surface area (Å²) in [6, 6.07) is 63.2. The molecule has 0 atom stereocenters. The van der Waals surface area contributed by atoms with Gasteiger partial charge in [0, 0.05) is 5.41 Å². The maximum Gasteiger partial charge on any atom is 0.0159 e. The molecule has 0 aliphatic heterocycles. The van der Waals surface area contributed by atoms with Crippen LogP contribution < -0.4 is 0 Å². The number of rotatable bonds is 3. The van der Waals surface area contributed by atoms with E-state index in [-0.39, 0.29) is 5.41 Å². The molecule has 0 saturated carbocycles. The van der Waals surface area contributed by atoms with Crippen molar-refractivity contribution in [2.45, 2.75) is 19.3 Å². The summed E-state index contributed by atoms with van der Waals surface area (Å²) in [5, 5.41) is 10.3. The lowest BCUT2D eigenvalue weighted by Crippen LogP contribution is -2.15. The Labute approximate surface area is 286 Å². The highest BCUT2D eigenvalue weighted by Crippen LogP contribution is 2.52. The molecule has 1 aliphatic carbocycles. The molecule has 0 saturated heterocycles. The van der Waals surface area contributed by atoms with Crippen molar-refractivity contribution in [2.24, 2.45) is 0 Å². The van der Waals surface area contributed by atoms with Gasteiger partial charge in [-0.05, 0) is 117 Å². The first kappa shape index (κ1) is 28.1. The molecule has 0 unspecified atom stereocenters. The van der Waals surface area contributed by atoms with Crippen molar-refractivity contribution in [1.29, 1.82) is 0 Å². The predicted molar refractivity (Wildman–Crippen MR) is 210 cm³/mol. The minimum absolute atomic E-state index is 0.135. The second kappa shape index (κ2) is 10.5. The highest BCUT2D eigenvalue weighted by atomic mass is 14.4. The van der Waals surface area contributed by atoms with Crippen molar-refractivity contribution >= 4 is 43.1 Å². The van der Waals surface area contributed by atoms with Crippen LogP contribution >= 0.6 is 0 Å². The van der Waals surface area contributed by atoms with Crippen molar-refractivity contribution in [1.82, 2.24) is 0 Å². The van der Waals surface area contributed by atoms with Crippen LogP contribution in [0.4, 0.5) is 0 Å². The Balaban J connectivity index is 1.26. The van der Waals surface area contributed by atoms with E-state index in [0.717, 1.165) is 0 Å². The lowest BCUT2D eigenvalue weighted by molar-refractivity contribution is 0.661. The molecule has 0 nitrogen and oxygen atoms in total. The van der Waals surface area contributed by atoms with Gasteiger partial charge in [-0.25, -0.2) is 0 Å². The minimum atomic E-state index is -0.135. The summed E-state index contributed by atoms with van der Waals surface area (Å²) in [5.74, 6) is 0. The Bertz CT molecular complexity index is 2780. The molecular formula is C49H34. The maximum atomic E-state index is 2.50. The fourth-order valence-electron chi connectivity index (χ4n) is 8.61. The molecule has 0 amide bonds. The van der Waals surface area contributed by atoms with Crippen LogP contribution in [0.15, 0.2) is 170 Å². The van der Waals surface area contributed by atoms with E-state index in [0.29, 0.717) is 0 Å². The average Bonchev–Trinajstić information content (AvgIpc) is 3.38. The molecule has 10 rings (SSSR count). The van der Waals surface area contributed by atoms with Crippen molar-refractivity contribution in [3.8, 4) is 44.5 Å². The topological polar surface area (TPSA) is 0 Å². The lowest BCUT2D eigenvalue weighted by atomic mass is 9.79. The van der Waals surface area contributed by atoms with Gasteiger partial charge in [-0.15, -0.1) is 0 Å². The molecule has 0 heteroatoms. The molecule has 0 spiro atoms. The van der Waals surface area contributed by atoms with Crippen LogP contribution in [0.3, 0.4) is 0 Å². The highest BCUT2D eigenvalue weighted by Gasteiger charge is 2.36. The first-order valence-electron chi connectivity index (χ1n) is 17.3. The summed E-state index contributed by atoms with van der Waals surface area (Å²) in [4.78, 5) is 0. The van der Waals surface area contributed by atoms with Gasteiger partial charge >= 0.3 is 0 Å². The summed E-state index contributed by atoms with van der Waals surface area (Å²) >= 11 is 0. The van der Waals surface area contributed by atoms with E-state index in [9.17, 15) is 0 Å². The molecule has 0 fully saturated rings. The van der Waals surface area contributed by atoms with Crippen LogP contribution in [0.25, 0.3) is 87.6 Å². The van der Waals surface area contributed by atoms with E-state index >= 15 is 0 Å². The van der Waals surface area contributed by atoms with E-state index in [1.165, 1.54) is 98.7 Å². The third-order valence-corrected chi connectivity index (χ3v) is 11.0. The lowest BCUT2D eigenvalue weighted by Gasteiger charge is -2.24. The smallest absolute Gasteiger partial charge is 0.0159 e. The van der Waals surface area contributed by atoms with Crippen LogP contribution in [0.5, 0.6) is 0 Å². The number of fused-ring (bicyclic) bond motifs is 8. The second-order valence-electron chi connectivity index (χ2n) is 14.1. The summed E-state index contributed by atoms with van der Waals surface area (Å²) in [6.07, 6.45) is 0. The Hall–Kier alpha value is -5.98. The number of hydrogen-bond donors (Lipinski definition) is 0. The van der Waals surface area contributed by atoms with Crippen LogP contribution in [0.1, 0.15) is 25.0 Å². The van der Waals surface area contributed by atoms with Crippen LogP contribution in [-0.2, 0) is 5.41 Å². The van der Waals surface area contributed by atoms with Gasteiger partial charge in [0.15, 0.2) is 0 Å². The molecule has 0 aromatic heterocycles. The Morgan fingerprint density at radius 1 is 0.327 bits per heavy atom. The molecule has 9 aromatic carbocycles. The molecule has 230 valence electrons. The minimum Gasteiger partial charge on any atom is -0.0622 e. The Kier molecular flexibility index (Phi) is 6.02. The van der Waals surface area contributed by atoms with Gasteiger partial charge in [0.05, 0.1) is 0 Å². The monoisotopic (exact) mass is 622 g/mol. The number of benzene rings is 9. The van der Waals surface area contributed by atoms with Crippen LogP contribution in [0, 0.1) is 0 Å². The third-order valence-electron chi connectivity index (χ3n) is 11.0. The zero-order chi connectivity index (χ0) is 32.7. The standard InChI is InChI=1S/C49H34/c1-49(2)44-29-35(31-12-4-3-5-13-31)23-25-39(44)40-26-24-37(30-45(40)49)47-42-19-11-10-18-41(42)46(36-21-20-32-14-6-7-16-34(32)28-36)43-27-22-33-15-8-9-17-38(33)48(43)47/h3-30H,1-2H3. The van der Waals surface area contributed by atoms with Crippen LogP contribution in [0.2, 0.25) is 0 Å². The third kappa shape index (κ3) is 4.17. The first-order chi connectivity index (χ1) is 24.1. The molecule has 49 heavy (non-hydrogen) atoms. The zero-order valence-electron chi connectivity index (χ0n) is 27.7. The van der Waals surface area contributed by atoms with Crippen molar-refractivity contribution in [3.63, 3.8) is 0 Å². The van der Waals surface area contributed by atoms with Gasteiger partial charge in [-0.2, -0.15) is 0 Å². The molecule has 0 radical (unpaired) electrons. The van der Waals surface area contributed by atoms with Gasteiger partial charge in [0.2, 0.25) is 0 Å². The van der Waals surface area contributed by atoms with Gasteiger partial charge in [-0.1, -0.05) is 166 Å². The second-order valence-corrected chi connectivity index (χ2v) is 14.1. The Morgan fingerprint density at radius 3 is 1.61 bits per heavy atom. The SMILES string of the molecule is CC1(C)c2cc(-c3ccccc3)ccc2-c2ccc(-c3c4ccccc4c(-c4ccc5ccccc5c4)c4ccc5ccccc5c34)cc21. The van der Waals surface area contributed by atoms with Gasteiger partial charge in [0.25, 0.3) is 0 Å². The largest absolute Gasteiger partial charge is 0.0622 e. The van der Waals surface area contributed by atoms with Crippen LogP contribution in [-0.4, -0.2) is 0 Å². The van der Waals surface area contributed by atoms with E-state index in [4.69, 9.17) is 0 Å². The molecule has 0 N–H and O–H groups in total. The molecule has 1 aliphatic rings. The first-order valence-corrected chi connectivity index (χ1v) is 17.3. The fourth-order valence-corrected chi connectivity index (χ4v) is 8.61. The van der Waals surface area contributed by atoms with E-state index in [1.807, 2.05) is 0 Å². The van der Waals surface area contributed by atoms with E-state index in [1.54, 1.807) is 0 Å². The van der Waals surface area contributed by atoms with Gasteiger partial charge in [0.1, 0.15) is 0 Å². The van der Waals surface area contributed by atoms with Crippen molar-refractivity contribution in [2.75, 3.05) is 0 Å². The molecule has 0 bridgehead atoms. The average molecular weight is 623 g/mol. The molecule has 0 heterocycles. The Morgan fingerprint density at radius 2 is 0.857 bits per heavy atom. The summed E-state index contributed by atoms with van der Waals surface area (Å²) in [7, 11) is 0. The van der Waals surface area contributed by atoms with E-state index < -0.39 is 0 Å². The maximum absolute atomic E-state index is 2.50. The molecular weight excluding hydrogens is 589 g/mol. The number of hydrogen-bond acceptors (Lipinski definition) is 0. The predicted octanol–water partition coefficient (Wildman–Crippen LogP) is 13.6. The highest BCUT2D eigenvalue weighted by molar-refractivity contribution is 6.28. The zero-order valence-corrected chi connectivity index (χ0v) is 27.7. The van der Waals surface area contributed by atoms with Crippen molar-refractivity contribution in [3.05, 3.63) is 181 Å². The summed E-state index contributed by atoms with van der Waals surface area (Å²) < 4.78 is 0. The van der Waals surface area contributed by atoms with Gasteiger partial charge < -0.3 is 0 Å². The quantitative estimate of drug-likeness (QED) is 0.136. The van der Waals surface area contributed by atoms with Gasteiger partial charge in [-0.3, -0.25) is 0 Å². The normalized spacial score (nSPS) is 13.3. The molecule has 9 aromatic rings. The fraction of sp³-hybridized carbons (Fsp3) is 0.0612. The van der Waals surface area contributed by atoms with E-state index in [2.05, 4.69) is 184 Å². The van der Waals surface area contributed by atoms with Crippen molar-refractivity contribution < 1.29 is 0 Å². The summed E-state index contributed by atoms with van der Waals surface area (Å²) in [5.41, 5.74) is 13.0.